The van der Waals surface area contributed by atoms with Gasteiger partial charge in [-0.2, -0.15) is 0 Å². The summed E-state index contributed by atoms with van der Waals surface area (Å²) in [6.07, 6.45) is 2.98. The van der Waals surface area contributed by atoms with Crippen molar-refractivity contribution in [3.8, 4) is 5.75 Å². The highest BCUT2D eigenvalue weighted by Gasteiger charge is 2.21. The number of amides is 1. The molecule has 0 saturated heterocycles. The van der Waals surface area contributed by atoms with Gasteiger partial charge >= 0.3 is 0 Å². The van der Waals surface area contributed by atoms with Gasteiger partial charge in [0.25, 0.3) is 15.9 Å². The van der Waals surface area contributed by atoms with Gasteiger partial charge in [0.2, 0.25) is 0 Å². The Hall–Kier alpha value is -3.32. The maximum Gasteiger partial charge on any atom is 0.261 e. The van der Waals surface area contributed by atoms with Gasteiger partial charge in [-0.15, -0.1) is 0 Å². The van der Waals surface area contributed by atoms with Crippen LogP contribution in [0.4, 0.5) is 5.69 Å². The van der Waals surface area contributed by atoms with Crippen LogP contribution in [-0.2, 0) is 21.2 Å². The lowest BCUT2D eigenvalue weighted by molar-refractivity contribution is -0.124. The Labute approximate surface area is 188 Å². The van der Waals surface area contributed by atoms with Crippen LogP contribution in [0.2, 0.25) is 0 Å². The minimum absolute atomic E-state index is 0.00332. The number of nitrogens with one attached hydrogen (secondary N) is 2. The lowest BCUT2D eigenvalue weighted by atomic mass is 9.88. The van der Waals surface area contributed by atoms with E-state index in [0.29, 0.717) is 11.4 Å². The van der Waals surface area contributed by atoms with E-state index in [4.69, 9.17) is 4.74 Å². The van der Waals surface area contributed by atoms with Gasteiger partial charge in [-0.05, 0) is 73.7 Å². The number of rotatable bonds is 7. The first kappa shape index (κ1) is 21.9. The highest BCUT2D eigenvalue weighted by molar-refractivity contribution is 7.92. The Kier molecular flexibility index (Phi) is 6.46. The molecule has 0 spiro atoms. The Morgan fingerprint density at radius 1 is 1.00 bits per heavy atom. The molecule has 6 nitrogen and oxygen atoms in total. The van der Waals surface area contributed by atoms with Gasteiger partial charge in [-0.25, -0.2) is 8.42 Å². The van der Waals surface area contributed by atoms with E-state index in [1.54, 1.807) is 24.3 Å². The van der Waals surface area contributed by atoms with Crippen LogP contribution in [-0.4, -0.2) is 20.9 Å². The molecule has 0 aliphatic heterocycles. The van der Waals surface area contributed by atoms with Gasteiger partial charge in [0, 0.05) is 5.69 Å². The second-order valence-corrected chi connectivity index (χ2v) is 9.63. The third kappa shape index (κ3) is 5.29. The van der Waals surface area contributed by atoms with Crippen molar-refractivity contribution in [2.75, 3.05) is 11.3 Å². The number of hydrogen-bond acceptors (Lipinski definition) is 4. The van der Waals surface area contributed by atoms with Crippen molar-refractivity contribution in [3.63, 3.8) is 0 Å². The van der Waals surface area contributed by atoms with Crippen LogP contribution in [0.1, 0.15) is 35.6 Å². The zero-order chi connectivity index (χ0) is 22.6. The summed E-state index contributed by atoms with van der Waals surface area (Å²) in [5.41, 5.74) is 3.99. The summed E-state index contributed by atoms with van der Waals surface area (Å²) < 4.78 is 33.3. The van der Waals surface area contributed by atoms with E-state index in [2.05, 4.69) is 22.2 Å². The number of aryl methyl sites for hydroxylation is 2. The zero-order valence-corrected chi connectivity index (χ0v) is 18.7. The molecule has 0 heterocycles. The van der Waals surface area contributed by atoms with E-state index < -0.39 is 10.0 Å². The molecule has 32 heavy (non-hydrogen) atoms. The highest BCUT2D eigenvalue weighted by Crippen LogP contribution is 2.29. The normalized spacial score (nSPS) is 15.5. The molecule has 3 aromatic rings. The third-order valence-electron chi connectivity index (χ3n) is 5.51. The van der Waals surface area contributed by atoms with E-state index in [1.807, 2.05) is 31.2 Å². The van der Waals surface area contributed by atoms with Crippen molar-refractivity contribution in [1.82, 2.24) is 5.32 Å². The molecule has 0 fully saturated rings. The molecule has 0 bridgehead atoms. The van der Waals surface area contributed by atoms with Crippen LogP contribution in [0.5, 0.6) is 5.75 Å². The second-order valence-electron chi connectivity index (χ2n) is 7.94. The monoisotopic (exact) mass is 450 g/mol. The zero-order valence-electron chi connectivity index (χ0n) is 17.9. The first-order valence-electron chi connectivity index (χ1n) is 10.6. The smallest absolute Gasteiger partial charge is 0.261 e. The molecular formula is C25H26N2O4S. The lowest BCUT2D eigenvalue weighted by Crippen LogP contribution is -2.34. The molecule has 166 valence electrons. The Bertz CT molecular complexity index is 1190. The van der Waals surface area contributed by atoms with Gasteiger partial charge in [0.05, 0.1) is 10.9 Å². The summed E-state index contributed by atoms with van der Waals surface area (Å²) in [4.78, 5) is 12.5. The lowest BCUT2D eigenvalue weighted by Gasteiger charge is -2.26. The quantitative estimate of drug-likeness (QED) is 0.560. The number of anilines is 1. The molecule has 4 rings (SSSR count). The topological polar surface area (TPSA) is 84.5 Å². The van der Waals surface area contributed by atoms with E-state index >= 15 is 0 Å². The molecule has 0 radical (unpaired) electrons. The molecule has 1 atom stereocenters. The summed E-state index contributed by atoms with van der Waals surface area (Å²) in [5, 5.41) is 3.04. The molecule has 7 heteroatoms. The first-order chi connectivity index (χ1) is 15.4. The number of benzene rings is 3. The van der Waals surface area contributed by atoms with Crippen molar-refractivity contribution in [1.29, 1.82) is 0 Å². The number of hydrogen-bond donors (Lipinski definition) is 2. The van der Waals surface area contributed by atoms with Crippen LogP contribution in [0.3, 0.4) is 0 Å². The van der Waals surface area contributed by atoms with Crippen molar-refractivity contribution < 1.29 is 17.9 Å². The molecule has 1 aliphatic rings. The van der Waals surface area contributed by atoms with Crippen LogP contribution in [0.25, 0.3) is 0 Å². The predicted molar refractivity (Wildman–Crippen MR) is 124 cm³/mol. The Balaban J connectivity index is 1.33. The number of carbonyl (C=O) groups excluding carboxylic acids is 1. The van der Waals surface area contributed by atoms with Gasteiger partial charge in [0.1, 0.15) is 5.75 Å². The van der Waals surface area contributed by atoms with E-state index in [9.17, 15) is 13.2 Å². The summed E-state index contributed by atoms with van der Waals surface area (Å²) in [5.74, 6) is 0.225. The Morgan fingerprint density at radius 3 is 2.47 bits per heavy atom. The predicted octanol–water partition coefficient (Wildman–Crippen LogP) is 4.37. The van der Waals surface area contributed by atoms with Gasteiger partial charge in [0.15, 0.2) is 6.61 Å². The van der Waals surface area contributed by atoms with Crippen LogP contribution in [0.15, 0.2) is 77.7 Å². The molecule has 0 aromatic heterocycles. The van der Waals surface area contributed by atoms with Crippen molar-refractivity contribution in [3.05, 3.63) is 89.5 Å². The van der Waals surface area contributed by atoms with E-state index in [-0.39, 0.29) is 23.5 Å². The number of carbonyl (C=O) groups is 1. The summed E-state index contributed by atoms with van der Waals surface area (Å²) >= 11 is 0. The molecule has 1 aliphatic carbocycles. The number of fused-ring (bicyclic) bond motifs is 1. The molecular weight excluding hydrogens is 424 g/mol. The fraction of sp³-hybridized carbons (Fsp3) is 0.240. The summed E-state index contributed by atoms with van der Waals surface area (Å²) in [7, 11) is -3.71. The molecule has 1 amide bonds. The summed E-state index contributed by atoms with van der Waals surface area (Å²) in [6.45, 7) is 1.80. The standard InChI is InChI=1S/C25H26N2O4S/c1-18-9-11-20(12-10-18)27-32(29,30)22-15-13-21(14-16-22)31-17-25(28)26-24-8-4-6-19-5-2-3-7-23(19)24/h2-3,5,7,9-16,24,27H,4,6,8,17H2,1H3,(H,26,28). The van der Waals surface area contributed by atoms with E-state index in [0.717, 1.165) is 24.8 Å². The maximum atomic E-state index is 12.6. The van der Waals surface area contributed by atoms with E-state index in [1.165, 1.54) is 23.3 Å². The van der Waals surface area contributed by atoms with Gasteiger partial charge in [-0.3, -0.25) is 9.52 Å². The second kappa shape index (κ2) is 9.44. The minimum Gasteiger partial charge on any atom is -0.484 e. The average Bonchev–Trinajstić information content (AvgIpc) is 2.80. The highest BCUT2D eigenvalue weighted by atomic mass is 32.2. The molecule has 0 saturated carbocycles. The van der Waals surface area contributed by atoms with Crippen LogP contribution in [0, 0.1) is 6.92 Å². The third-order valence-corrected chi connectivity index (χ3v) is 6.91. The fourth-order valence-corrected chi connectivity index (χ4v) is 4.90. The van der Waals surface area contributed by atoms with Crippen molar-refractivity contribution in [2.24, 2.45) is 0 Å². The van der Waals surface area contributed by atoms with Crippen molar-refractivity contribution >= 4 is 21.6 Å². The van der Waals surface area contributed by atoms with Gasteiger partial charge in [-0.1, -0.05) is 42.0 Å². The largest absolute Gasteiger partial charge is 0.484 e. The fourth-order valence-electron chi connectivity index (χ4n) is 3.84. The molecule has 1 unspecified atom stereocenters. The van der Waals surface area contributed by atoms with Gasteiger partial charge < -0.3 is 10.1 Å². The molecule has 2 N–H and O–H groups in total. The minimum atomic E-state index is -3.71. The van der Waals surface area contributed by atoms with Crippen molar-refractivity contribution in [2.45, 2.75) is 37.1 Å². The SMILES string of the molecule is Cc1ccc(NS(=O)(=O)c2ccc(OCC(=O)NC3CCCc4ccccc43)cc2)cc1. The maximum absolute atomic E-state index is 12.6. The number of ether oxygens (including phenoxy) is 1. The Morgan fingerprint density at radius 2 is 1.72 bits per heavy atom. The summed E-state index contributed by atoms with van der Waals surface area (Å²) in [6, 6.07) is 21.3. The first-order valence-corrected chi connectivity index (χ1v) is 12.1. The van der Waals surface area contributed by atoms with Crippen LogP contribution >= 0.6 is 0 Å². The number of sulfonamides is 1. The molecule has 3 aromatic carbocycles. The van der Waals surface area contributed by atoms with Crippen LogP contribution < -0.4 is 14.8 Å². The average molecular weight is 451 g/mol.